The number of halogens is 1. The van der Waals surface area contributed by atoms with Crippen LogP contribution in [0.25, 0.3) is 0 Å². The monoisotopic (exact) mass is 264 g/mol. The molecular weight excluding hydrogens is 251 g/mol. The third-order valence-corrected chi connectivity index (χ3v) is 3.74. The van der Waals surface area contributed by atoms with Crippen molar-refractivity contribution in [2.24, 2.45) is 0 Å². The van der Waals surface area contributed by atoms with Crippen LogP contribution in [-0.4, -0.2) is 10.9 Å². The molecule has 0 aliphatic heterocycles. The van der Waals surface area contributed by atoms with Crippen molar-refractivity contribution in [2.75, 3.05) is 0 Å². The van der Waals surface area contributed by atoms with E-state index in [-0.39, 0.29) is 11.6 Å². The smallest absolute Gasteiger partial charge is 0.270 e. The predicted octanol–water partition coefficient (Wildman–Crippen LogP) is 2.83. The average Bonchev–Trinajstić information content (AvgIpc) is 2.66. The first kappa shape index (κ1) is 12.7. The zero-order valence-electron chi connectivity index (χ0n) is 10.2. The van der Waals surface area contributed by atoms with Gasteiger partial charge in [0.2, 0.25) is 5.95 Å². The van der Waals surface area contributed by atoms with E-state index in [9.17, 15) is 9.18 Å². The number of amides is 1. The zero-order chi connectivity index (χ0) is 13.1. The molecule has 1 amide bonds. The fourth-order valence-electron chi connectivity index (χ4n) is 1.53. The quantitative estimate of drug-likeness (QED) is 0.866. The normalized spacial score (nSPS) is 10.4. The molecule has 18 heavy (non-hydrogen) atoms. The number of carbonyl (C=O) groups is 1. The predicted molar refractivity (Wildman–Crippen MR) is 69.2 cm³/mol. The molecule has 2 aromatic heterocycles. The maximum absolute atomic E-state index is 12.9. The number of pyridine rings is 1. The highest BCUT2D eigenvalue weighted by molar-refractivity contribution is 7.12. The van der Waals surface area contributed by atoms with E-state index < -0.39 is 5.95 Å². The standard InChI is InChI=1S/C13H13FN2OS/c1-8-6-10(18-9(8)2)7-15-13(17)11-4-3-5-12(14)16-11/h3-6H,7H2,1-2H3,(H,15,17). The van der Waals surface area contributed by atoms with Crippen molar-refractivity contribution >= 4 is 17.2 Å². The molecule has 0 saturated carbocycles. The van der Waals surface area contributed by atoms with Crippen molar-refractivity contribution in [3.63, 3.8) is 0 Å². The number of aryl methyl sites for hydroxylation is 2. The van der Waals surface area contributed by atoms with Gasteiger partial charge in [-0.2, -0.15) is 4.39 Å². The van der Waals surface area contributed by atoms with Crippen LogP contribution in [0.4, 0.5) is 4.39 Å². The Bertz CT molecular complexity index is 561. The summed E-state index contributed by atoms with van der Waals surface area (Å²) in [6.45, 7) is 4.51. The Morgan fingerprint density at radius 2 is 2.22 bits per heavy atom. The van der Waals surface area contributed by atoms with Gasteiger partial charge < -0.3 is 5.32 Å². The molecule has 0 aromatic carbocycles. The molecule has 2 rings (SSSR count). The van der Waals surface area contributed by atoms with Crippen LogP contribution in [0.1, 0.15) is 25.8 Å². The van der Waals surface area contributed by atoms with E-state index in [4.69, 9.17) is 0 Å². The minimum Gasteiger partial charge on any atom is -0.346 e. The van der Waals surface area contributed by atoms with Gasteiger partial charge in [-0.3, -0.25) is 4.79 Å². The fourth-order valence-corrected chi connectivity index (χ4v) is 2.52. The molecule has 0 spiro atoms. The number of rotatable bonds is 3. The second-order valence-electron chi connectivity index (χ2n) is 3.98. The van der Waals surface area contributed by atoms with Crippen LogP contribution in [0.2, 0.25) is 0 Å². The zero-order valence-corrected chi connectivity index (χ0v) is 11.0. The second kappa shape index (κ2) is 5.27. The average molecular weight is 264 g/mol. The Morgan fingerprint density at radius 1 is 1.44 bits per heavy atom. The van der Waals surface area contributed by atoms with E-state index >= 15 is 0 Å². The molecule has 0 aliphatic carbocycles. The molecule has 0 aliphatic rings. The summed E-state index contributed by atoms with van der Waals surface area (Å²) in [6.07, 6.45) is 0. The maximum Gasteiger partial charge on any atom is 0.270 e. The van der Waals surface area contributed by atoms with Gasteiger partial charge in [0.05, 0.1) is 6.54 Å². The number of nitrogens with one attached hydrogen (secondary N) is 1. The van der Waals surface area contributed by atoms with Crippen molar-refractivity contribution in [3.05, 3.63) is 51.2 Å². The Labute approximate surface area is 109 Å². The van der Waals surface area contributed by atoms with Gasteiger partial charge in [-0.1, -0.05) is 6.07 Å². The second-order valence-corrected chi connectivity index (χ2v) is 5.32. The molecular formula is C13H13FN2OS. The third-order valence-electron chi connectivity index (χ3n) is 2.59. The number of carbonyl (C=O) groups excluding carboxylic acids is 1. The van der Waals surface area contributed by atoms with Gasteiger partial charge in [0, 0.05) is 9.75 Å². The molecule has 94 valence electrons. The van der Waals surface area contributed by atoms with Crippen molar-refractivity contribution in [1.82, 2.24) is 10.3 Å². The van der Waals surface area contributed by atoms with E-state index in [0.717, 1.165) is 4.88 Å². The summed E-state index contributed by atoms with van der Waals surface area (Å²) >= 11 is 1.65. The summed E-state index contributed by atoms with van der Waals surface area (Å²) in [5.74, 6) is -1.01. The number of hydrogen-bond acceptors (Lipinski definition) is 3. The highest BCUT2D eigenvalue weighted by Gasteiger charge is 2.08. The van der Waals surface area contributed by atoms with Crippen LogP contribution < -0.4 is 5.32 Å². The van der Waals surface area contributed by atoms with Crippen LogP contribution in [0.5, 0.6) is 0 Å². The SMILES string of the molecule is Cc1cc(CNC(=O)c2cccc(F)n2)sc1C. The van der Waals surface area contributed by atoms with Gasteiger partial charge in [0.1, 0.15) is 5.69 Å². The lowest BCUT2D eigenvalue weighted by atomic mass is 10.3. The van der Waals surface area contributed by atoms with Crippen molar-refractivity contribution in [1.29, 1.82) is 0 Å². The minimum absolute atomic E-state index is 0.0972. The van der Waals surface area contributed by atoms with Gasteiger partial charge in [-0.05, 0) is 37.6 Å². The molecule has 2 heterocycles. The summed E-state index contributed by atoms with van der Waals surface area (Å²) in [5.41, 5.74) is 1.31. The van der Waals surface area contributed by atoms with Crippen molar-refractivity contribution in [2.45, 2.75) is 20.4 Å². The summed E-state index contributed by atoms with van der Waals surface area (Å²) in [6, 6.07) is 6.21. The lowest BCUT2D eigenvalue weighted by Crippen LogP contribution is -2.23. The topological polar surface area (TPSA) is 42.0 Å². The minimum atomic E-state index is -0.648. The van der Waals surface area contributed by atoms with Crippen LogP contribution in [0, 0.1) is 19.8 Å². The molecule has 3 nitrogen and oxygen atoms in total. The molecule has 0 fully saturated rings. The fraction of sp³-hybridized carbons (Fsp3) is 0.231. The van der Waals surface area contributed by atoms with E-state index in [2.05, 4.69) is 10.3 Å². The van der Waals surface area contributed by atoms with Gasteiger partial charge >= 0.3 is 0 Å². The lowest BCUT2D eigenvalue weighted by molar-refractivity contribution is 0.0945. The van der Waals surface area contributed by atoms with E-state index in [1.807, 2.05) is 19.9 Å². The number of hydrogen-bond donors (Lipinski definition) is 1. The number of aromatic nitrogens is 1. The first-order valence-electron chi connectivity index (χ1n) is 5.53. The lowest BCUT2D eigenvalue weighted by Gasteiger charge is -2.02. The summed E-state index contributed by atoms with van der Waals surface area (Å²) in [5, 5.41) is 2.73. The first-order chi connectivity index (χ1) is 8.56. The maximum atomic E-state index is 12.9. The Hall–Kier alpha value is -1.75. The summed E-state index contributed by atoms with van der Waals surface area (Å²) < 4.78 is 12.9. The Morgan fingerprint density at radius 3 is 2.83 bits per heavy atom. The molecule has 1 N–H and O–H groups in total. The molecule has 2 aromatic rings. The van der Waals surface area contributed by atoms with Crippen molar-refractivity contribution in [3.8, 4) is 0 Å². The molecule has 5 heteroatoms. The number of nitrogens with zero attached hydrogens (tertiary/aromatic N) is 1. The molecule has 0 unspecified atom stereocenters. The van der Waals surface area contributed by atoms with Gasteiger partial charge in [0.25, 0.3) is 5.91 Å². The van der Waals surface area contributed by atoms with Crippen LogP contribution >= 0.6 is 11.3 Å². The van der Waals surface area contributed by atoms with Crippen LogP contribution in [0.3, 0.4) is 0 Å². The summed E-state index contributed by atoms with van der Waals surface area (Å²) in [7, 11) is 0. The van der Waals surface area contributed by atoms with Crippen LogP contribution in [0.15, 0.2) is 24.3 Å². The highest BCUT2D eigenvalue weighted by Crippen LogP contribution is 2.20. The van der Waals surface area contributed by atoms with Gasteiger partial charge in [-0.25, -0.2) is 4.98 Å². The van der Waals surface area contributed by atoms with Crippen LogP contribution in [-0.2, 0) is 6.54 Å². The van der Waals surface area contributed by atoms with Gasteiger partial charge in [0.15, 0.2) is 0 Å². The Kier molecular flexibility index (Phi) is 3.72. The Balaban J connectivity index is 2.00. The third kappa shape index (κ3) is 2.92. The molecule has 0 bridgehead atoms. The molecule has 0 saturated heterocycles. The molecule has 0 radical (unpaired) electrons. The number of thiophene rings is 1. The van der Waals surface area contributed by atoms with Crippen molar-refractivity contribution < 1.29 is 9.18 Å². The van der Waals surface area contributed by atoms with E-state index in [0.29, 0.717) is 6.54 Å². The highest BCUT2D eigenvalue weighted by atomic mass is 32.1. The first-order valence-corrected chi connectivity index (χ1v) is 6.34. The van der Waals surface area contributed by atoms with Gasteiger partial charge in [-0.15, -0.1) is 11.3 Å². The largest absolute Gasteiger partial charge is 0.346 e. The van der Waals surface area contributed by atoms with E-state index in [1.165, 1.54) is 28.6 Å². The molecule has 0 atom stereocenters. The summed E-state index contributed by atoms with van der Waals surface area (Å²) in [4.78, 5) is 17.6. The van der Waals surface area contributed by atoms with E-state index in [1.54, 1.807) is 11.3 Å².